The summed E-state index contributed by atoms with van der Waals surface area (Å²) >= 11 is 17.9. The summed E-state index contributed by atoms with van der Waals surface area (Å²) in [6, 6.07) is 9.94. The van der Waals surface area contributed by atoms with Crippen molar-refractivity contribution in [1.82, 2.24) is 0 Å². The van der Waals surface area contributed by atoms with Crippen LogP contribution in [0.5, 0.6) is 5.75 Å². The van der Waals surface area contributed by atoms with Gasteiger partial charge in [-0.3, -0.25) is 4.55 Å². The largest absolute Gasteiger partial charge is 0.505 e. The fourth-order valence-corrected chi connectivity index (χ4v) is 3.95. The molecule has 0 aliphatic rings. The molecule has 26 heavy (non-hydrogen) atoms. The Labute approximate surface area is 163 Å². The van der Waals surface area contributed by atoms with Crippen molar-refractivity contribution in [2.75, 3.05) is 0 Å². The molecule has 0 spiro atoms. The number of aromatic hydroxyl groups is 1. The van der Waals surface area contributed by atoms with Gasteiger partial charge in [-0.25, -0.2) is 0 Å². The first-order valence-corrected chi connectivity index (χ1v) is 9.54. The maximum Gasteiger partial charge on any atom is 0.295 e. The summed E-state index contributed by atoms with van der Waals surface area (Å²) in [5, 5.41) is 19.0. The van der Waals surface area contributed by atoms with Crippen molar-refractivity contribution in [2.45, 2.75) is 4.90 Å². The Bertz CT molecular complexity index is 1140. The summed E-state index contributed by atoms with van der Waals surface area (Å²) in [5.74, 6) is -0.307. The van der Waals surface area contributed by atoms with Crippen LogP contribution >= 0.6 is 34.8 Å². The fourth-order valence-electron chi connectivity index (χ4n) is 2.34. The second-order valence-electron chi connectivity index (χ2n) is 5.18. The van der Waals surface area contributed by atoms with Crippen LogP contribution in [0.4, 0.5) is 11.4 Å². The highest BCUT2D eigenvalue weighted by Crippen LogP contribution is 2.41. The lowest BCUT2D eigenvalue weighted by molar-refractivity contribution is 0.480. The molecule has 0 bridgehead atoms. The highest BCUT2D eigenvalue weighted by molar-refractivity contribution is 7.86. The Hall–Kier alpha value is -1.90. The van der Waals surface area contributed by atoms with Crippen molar-refractivity contribution >= 4 is 67.1 Å². The van der Waals surface area contributed by atoms with Gasteiger partial charge in [0.2, 0.25) is 0 Å². The minimum Gasteiger partial charge on any atom is -0.505 e. The molecule has 0 fully saturated rings. The van der Waals surface area contributed by atoms with E-state index in [-0.39, 0.29) is 37.9 Å². The molecule has 134 valence electrons. The first-order chi connectivity index (χ1) is 12.2. The number of phenolic OH excluding ortho intramolecular Hbond substituents is 1. The second-order valence-corrected chi connectivity index (χ2v) is 7.82. The Balaban J connectivity index is 2.22. The van der Waals surface area contributed by atoms with E-state index in [9.17, 15) is 18.1 Å². The monoisotopic (exact) mass is 430 g/mol. The van der Waals surface area contributed by atoms with Gasteiger partial charge < -0.3 is 5.11 Å². The van der Waals surface area contributed by atoms with E-state index in [1.807, 2.05) is 0 Å². The lowest BCUT2D eigenvalue weighted by Crippen LogP contribution is -1.99. The molecule has 0 amide bonds. The molecule has 0 heterocycles. The lowest BCUT2D eigenvalue weighted by Gasteiger charge is -2.08. The molecule has 0 radical (unpaired) electrons. The number of rotatable bonds is 3. The molecule has 6 nitrogen and oxygen atoms in total. The molecular weight excluding hydrogens is 423 g/mol. The zero-order valence-corrected chi connectivity index (χ0v) is 15.8. The van der Waals surface area contributed by atoms with Gasteiger partial charge >= 0.3 is 0 Å². The zero-order chi connectivity index (χ0) is 19.1. The number of benzene rings is 3. The van der Waals surface area contributed by atoms with Crippen LogP contribution in [0, 0.1) is 0 Å². The number of hydrogen-bond acceptors (Lipinski definition) is 5. The van der Waals surface area contributed by atoms with E-state index in [4.69, 9.17) is 34.8 Å². The highest BCUT2D eigenvalue weighted by atomic mass is 35.5. The maximum absolute atomic E-state index is 11.7. The summed E-state index contributed by atoms with van der Waals surface area (Å²) in [7, 11) is -4.56. The van der Waals surface area contributed by atoms with Gasteiger partial charge in [0.05, 0.1) is 10.0 Å². The number of azo groups is 1. The van der Waals surface area contributed by atoms with E-state index in [2.05, 4.69) is 10.2 Å². The standard InChI is InChI=1S/C16H9Cl3N2O4S/c17-8-5-11(18)15(12(19)6-8)21-20-13-7-14(26(23,24)25)9-3-1-2-4-10(9)16(13)22/h1-7,22H,(H,23,24,25). The third kappa shape index (κ3) is 3.62. The summed E-state index contributed by atoms with van der Waals surface area (Å²) in [6.45, 7) is 0. The van der Waals surface area contributed by atoms with Crippen LogP contribution in [0.3, 0.4) is 0 Å². The van der Waals surface area contributed by atoms with E-state index in [1.165, 1.54) is 24.3 Å². The normalized spacial score (nSPS) is 12.2. The fraction of sp³-hybridized carbons (Fsp3) is 0. The number of halogens is 3. The minimum atomic E-state index is -4.56. The van der Waals surface area contributed by atoms with Crippen molar-refractivity contribution in [3.63, 3.8) is 0 Å². The first kappa shape index (κ1) is 18.9. The van der Waals surface area contributed by atoms with Gasteiger partial charge in [0.15, 0.2) is 5.75 Å². The third-order valence-corrected chi connectivity index (χ3v) is 5.16. The number of fused-ring (bicyclic) bond motifs is 1. The van der Waals surface area contributed by atoms with Crippen LogP contribution < -0.4 is 0 Å². The molecule has 3 rings (SSSR count). The van der Waals surface area contributed by atoms with Crippen molar-refractivity contribution in [3.8, 4) is 5.75 Å². The first-order valence-electron chi connectivity index (χ1n) is 6.97. The van der Waals surface area contributed by atoms with E-state index in [0.29, 0.717) is 5.02 Å². The summed E-state index contributed by atoms with van der Waals surface area (Å²) < 4.78 is 32.8. The van der Waals surface area contributed by atoms with Crippen LogP contribution in [-0.4, -0.2) is 18.1 Å². The molecule has 10 heteroatoms. The third-order valence-electron chi connectivity index (χ3n) is 3.48. The average Bonchev–Trinajstić information content (AvgIpc) is 2.54. The van der Waals surface area contributed by atoms with Gasteiger partial charge in [0.1, 0.15) is 16.3 Å². The lowest BCUT2D eigenvalue weighted by atomic mass is 10.1. The van der Waals surface area contributed by atoms with Crippen LogP contribution in [0.15, 0.2) is 57.6 Å². The topological polar surface area (TPSA) is 99.3 Å². The van der Waals surface area contributed by atoms with Crippen LogP contribution in [0.1, 0.15) is 0 Å². The highest BCUT2D eigenvalue weighted by Gasteiger charge is 2.19. The molecule has 0 saturated heterocycles. The van der Waals surface area contributed by atoms with E-state index >= 15 is 0 Å². The van der Waals surface area contributed by atoms with E-state index in [0.717, 1.165) is 6.07 Å². The zero-order valence-electron chi connectivity index (χ0n) is 12.7. The number of hydrogen-bond donors (Lipinski definition) is 2. The Morgan fingerprint density at radius 1 is 0.885 bits per heavy atom. The van der Waals surface area contributed by atoms with Gasteiger partial charge in [-0.1, -0.05) is 59.1 Å². The summed E-state index contributed by atoms with van der Waals surface area (Å²) in [4.78, 5) is -0.409. The molecule has 0 unspecified atom stereocenters. The molecule has 0 saturated carbocycles. The van der Waals surface area contributed by atoms with Crippen molar-refractivity contribution < 1.29 is 18.1 Å². The number of nitrogens with zero attached hydrogens (tertiary/aromatic N) is 2. The maximum atomic E-state index is 11.7. The molecule has 3 aromatic rings. The SMILES string of the molecule is O=S(=O)(O)c1cc(N=Nc2c(Cl)cc(Cl)cc2Cl)c(O)c2ccccc12. The predicted molar refractivity (Wildman–Crippen MR) is 101 cm³/mol. The Morgan fingerprint density at radius 3 is 2.04 bits per heavy atom. The average molecular weight is 432 g/mol. The van der Waals surface area contributed by atoms with Gasteiger partial charge in [-0.2, -0.15) is 8.42 Å². The minimum absolute atomic E-state index is 0.0960. The molecule has 2 N–H and O–H groups in total. The van der Waals surface area contributed by atoms with Gasteiger partial charge in [0, 0.05) is 15.8 Å². The smallest absolute Gasteiger partial charge is 0.295 e. The molecule has 0 aromatic heterocycles. The van der Waals surface area contributed by atoms with E-state index < -0.39 is 15.0 Å². The van der Waals surface area contributed by atoms with Crippen molar-refractivity contribution in [3.05, 3.63) is 57.5 Å². The molecule has 0 aliphatic carbocycles. The Morgan fingerprint density at radius 2 is 1.46 bits per heavy atom. The van der Waals surface area contributed by atoms with Crippen LogP contribution in [-0.2, 0) is 10.1 Å². The Kier molecular flexibility index (Phi) is 5.09. The van der Waals surface area contributed by atoms with E-state index in [1.54, 1.807) is 12.1 Å². The molecule has 0 aliphatic heterocycles. The molecule has 3 aromatic carbocycles. The summed E-state index contributed by atoms with van der Waals surface area (Å²) in [6.07, 6.45) is 0. The van der Waals surface area contributed by atoms with Gasteiger partial charge in [0.25, 0.3) is 10.1 Å². The van der Waals surface area contributed by atoms with Crippen LogP contribution in [0.25, 0.3) is 10.8 Å². The van der Waals surface area contributed by atoms with Crippen molar-refractivity contribution in [2.24, 2.45) is 10.2 Å². The quantitative estimate of drug-likeness (QED) is 0.382. The van der Waals surface area contributed by atoms with Gasteiger partial charge in [-0.15, -0.1) is 10.2 Å². The molecule has 0 atom stereocenters. The van der Waals surface area contributed by atoms with Crippen molar-refractivity contribution in [1.29, 1.82) is 0 Å². The number of phenols is 1. The predicted octanol–water partition coefficient (Wildman–Crippen LogP) is 6.17. The summed E-state index contributed by atoms with van der Waals surface area (Å²) in [5.41, 5.74) is -0.0860. The van der Waals surface area contributed by atoms with Gasteiger partial charge in [-0.05, 0) is 18.2 Å². The molecular formula is C16H9Cl3N2O4S. The second kappa shape index (κ2) is 7.02. The van der Waals surface area contributed by atoms with Crippen LogP contribution in [0.2, 0.25) is 15.1 Å².